The lowest BCUT2D eigenvalue weighted by molar-refractivity contribution is -0.127. The van der Waals surface area contributed by atoms with Gasteiger partial charge in [-0.25, -0.2) is 0 Å². The van der Waals surface area contributed by atoms with Crippen LogP contribution in [0.1, 0.15) is 37.3 Å². The van der Waals surface area contributed by atoms with Gasteiger partial charge in [0, 0.05) is 17.9 Å². The summed E-state index contributed by atoms with van der Waals surface area (Å²) >= 11 is 0. The van der Waals surface area contributed by atoms with Crippen LogP contribution in [0, 0.1) is 12.3 Å². The second-order valence-corrected chi connectivity index (χ2v) is 5.44. The van der Waals surface area contributed by atoms with E-state index in [0.717, 1.165) is 24.8 Å². The summed E-state index contributed by atoms with van der Waals surface area (Å²) in [5, 5.41) is 0. The molecule has 0 amide bonds. The third kappa shape index (κ3) is 2.27. The second-order valence-electron chi connectivity index (χ2n) is 5.44. The van der Waals surface area contributed by atoms with Crippen LogP contribution in [0.5, 0.6) is 0 Å². The molecule has 2 unspecified atom stereocenters. The summed E-state index contributed by atoms with van der Waals surface area (Å²) in [6.45, 7) is 4.09. The smallest absolute Gasteiger partial charge is 0.144 e. The van der Waals surface area contributed by atoms with Crippen molar-refractivity contribution in [3.05, 3.63) is 35.4 Å². The van der Waals surface area contributed by atoms with Crippen LogP contribution >= 0.6 is 0 Å². The zero-order valence-electron chi connectivity index (χ0n) is 10.7. The van der Waals surface area contributed by atoms with Gasteiger partial charge in [-0.05, 0) is 30.9 Å². The molecule has 1 aromatic rings. The van der Waals surface area contributed by atoms with E-state index in [9.17, 15) is 4.79 Å². The summed E-state index contributed by atoms with van der Waals surface area (Å²) in [5.41, 5.74) is 8.11. The first-order chi connectivity index (χ1) is 8.04. The molecule has 2 rings (SSSR count). The molecule has 2 N–H and O–H groups in total. The molecule has 1 aliphatic rings. The largest absolute Gasteiger partial charge is 0.327 e. The van der Waals surface area contributed by atoms with E-state index in [4.69, 9.17) is 5.73 Å². The third-order valence-corrected chi connectivity index (χ3v) is 4.28. The fourth-order valence-corrected chi connectivity index (χ4v) is 2.72. The predicted octanol–water partition coefficient (Wildman–Crippen LogP) is 2.62. The number of benzene rings is 1. The van der Waals surface area contributed by atoms with Gasteiger partial charge in [-0.15, -0.1) is 0 Å². The monoisotopic (exact) mass is 231 g/mol. The zero-order chi connectivity index (χ0) is 12.5. The van der Waals surface area contributed by atoms with Gasteiger partial charge in [0.2, 0.25) is 0 Å². The van der Waals surface area contributed by atoms with Crippen molar-refractivity contribution in [2.24, 2.45) is 11.1 Å². The van der Waals surface area contributed by atoms with E-state index >= 15 is 0 Å². The normalized spacial score (nSPS) is 28.3. The molecule has 1 aliphatic carbocycles. The quantitative estimate of drug-likeness (QED) is 0.869. The number of carbonyl (C=O) groups excluding carboxylic acids is 1. The van der Waals surface area contributed by atoms with E-state index < -0.39 is 0 Å². The van der Waals surface area contributed by atoms with Crippen molar-refractivity contribution < 1.29 is 4.79 Å². The number of hydrogen-bond acceptors (Lipinski definition) is 2. The van der Waals surface area contributed by atoms with Crippen LogP contribution in [-0.2, 0) is 11.2 Å². The highest BCUT2D eigenvalue weighted by Crippen LogP contribution is 2.38. The lowest BCUT2D eigenvalue weighted by Crippen LogP contribution is -2.41. The van der Waals surface area contributed by atoms with Gasteiger partial charge in [-0.1, -0.05) is 37.6 Å². The molecule has 2 atom stereocenters. The van der Waals surface area contributed by atoms with Crippen molar-refractivity contribution in [3.63, 3.8) is 0 Å². The molecule has 0 bridgehead atoms. The molecular weight excluding hydrogens is 210 g/mol. The van der Waals surface area contributed by atoms with Crippen LogP contribution in [0.15, 0.2) is 24.3 Å². The fourth-order valence-electron chi connectivity index (χ4n) is 2.72. The van der Waals surface area contributed by atoms with Gasteiger partial charge in [0.1, 0.15) is 5.78 Å². The minimum absolute atomic E-state index is 0.0408. The summed E-state index contributed by atoms with van der Waals surface area (Å²) in [5.74, 6) is 0.303. The van der Waals surface area contributed by atoms with Gasteiger partial charge in [0.15, 0.2) is 0 Å². The Morgan fingerprint density at radius 2 is 2.18 bits per heavy atom. The Kier molecular flexibility index (Phi) is 3.34. The fraction of sp³-hybridized carbons (Fsp3) is 0.533. The van der Waals surface area contributed by atoms with Gasteiger partial charge in [0.25, 0.3) is 0 Å². The second kappa shape index (κ2) is 4.61. The van der Waals surface area contributed by atoms with E-state index in [1.54, 1.807) is 0 Å². The lowest BCUT2D eigenvalue weighted by atomic mass is 9.78. The van der Waals surface area contributed by atoms with Crippen LogP contribution in [0.25, 0.3) is 0 Å². The molecule has 0 saturated heterocycles. The van der Waals surface area contributed by atoms with Crippen molar-refractivity contribution >= 4 is 5.78 Å². The molecule has 1 saturated carbocycles. The molecule has 0 spiro atoms. The molecule has 2 nitrogen and oxygen atoms in total. The molecule has 92 valence electrons. The van der Waals surface area contributed by atoms with Crippen LogP contribution in [-0.4, -0.2) is 11.8 Å². The molecule has 0 aliphatic heterocycles. The van der Waals surface area contributed by atoms with E-state index in [1.807, 2.05) is 25.1 Å². The highest BCUT2D eigenvalue weighted by atomic mass is 16.1. The highest BCUT2D eigenvalue weighted by Gasteiger charge is 2.42. The van der Waals surface area contributed by atoms with Gasteiger partial charge in [-0.2, -0.15) is 0 Å². The molecular formula is C15H21NO. The molecule has 0 aromatic heterocycles. The number of aryl methyl sites for hydroxylation is 1. The topological polar surface area (TPSA) is 43.1 Å². The van der Waals surface area contributed by atoms with E-state index in [2.05, 4.69) is 13.0 Å². The predicted molar refractivity (Wildman–Crippen MR) is 69.8 cm³/mol. The molecule has 17 heavy (non-hydrogen) atoms. The van der Waals surface area contributed by atoms with Crippen LogP contribution < -0.4 is 5.73 Å². The maximum Gasteiger partial charge on any atom is 0.144 e. The van der Waals surface area contributed by atoms with Crippen LogP contribution in [0.4, 0.5) is 0 Å². The van der Waals surface area contributed by atoms with Crippen molar-refractivity contribution in [1.29, 1.82) is 0 Å². The standard InChI is InChI=1S/C15H21NO/c1-11-6-3-4-7-12(11)10-14(17)15(2)9-5-8-13(15)16/h3-4,6-7,13H,5,8-10,16H2,1-2H3. The summed E-state index contributed by atoms with van der Waals surface area (Å²) in [6, 6.07) is 8.13. The summed E-state index contributed by atoms with van der Waals surface area (Å²) in [7, 11) is 0. The van der Waals surface area contributed by atoms with E-state index in [1.165, 1.54) is 5.56 Å². The average molecular weight is 231 g/mol. The number of ketones is 1. The summed E-state index contributed by atoms with van der Waals surface area (Å²) in [4.78, 5) is 12.4. The number of nitrogens with two attached hydrogens (primary N) is 1. The first-order valence-electron chi connectivity index (χ1n) is 6.37. The Hall–Kier alpha value is -1.15. The number of rotatable bonds is 3. The highest BCUT2D eigenvalue weighted by molar-refractivity contribution is 5.87. The minimum atomic E-state index is -0.303. The first kappa shape index (κ1) is 12.3. The molecule has 0 radical (unpaired) electrons. The van der Waals surface area contributed by atoms with E-state index in [-0.39, 0.29) is 11.5 Å². The minimum Gasteiger partial charge on any atom is -0.327 e. The zero-order valence-corrected chi connectivity index (χ0v) is 10.7. The van der Waals surface area contributed by atoms with Gasteiger partial charge >= 0.3 is 0 Å². The first-order valence-corrected chi connectivity index (χ1v) is 6.37. The van der Waals surface area contributed by atoms with Crippen LogP contribution in [0.2, 0.25) is 0 Å². The Balaban J connectivity index is 2.15. The maximum atomic E-state index is 12.4. The van der Waals surface area contributed by atoms with Gasteiger partial charge in [0.05, 0.1) is 0 Å². The van der Waals surface area contributed by atoms with Crippen molar-refractivity contribution in [2.75, 3.05) is 0 Å². The lowest BCUT2D eigenvalue weighted by Gasteiger charge is -2.27. The molecule has 1 fully saturated rings. The van der Waals surface area contributed by atoms with Gasteiger partial charge in [-0.3, -0.25) is 4.79 Å². The molecule has 2 heteroatoms. The maximum absolute atomic E-state index is 12.4. The molecule has 0 heterocycles. The van der Waals surface area contributed by atoms with Crippen molar-refractivity contribution in [1.82, 2.24) is 0 Å². The Morgan fingerprint density at radius 3 is 2.76 bits per heavy atom. The average Bonchev–Trinajstić information content (AvgIpc) is 2.64. The third-order valence-electron chi connectivity index (χ3n) is 4.28. The Morgan fingerprint density at radius 1 is 1.47 bits per heavy atom. The Labute approximate surface area is 103 Å². The Bertz CT molecular complexity index is 427. The number of hydrogen-bond donors (Lipinski definition) is 1. The molecule has 1 aromatic carbocycles. The van der Waals surface area contributed by atoms with Crippen molar-refractivity contribution in [3.8, 4) is 0 Å². The summed E-state index contributed by atoms with van der Waals surface area (Å²) < 4.78 is 0. The number of carbonyl (C=O) groups is 1. The van der Waals surface area contributed by atoms with Gasteiger partial charge < -0.3 is 5.73 Å². The number of Topliss-reactive ketones (excluding diaryl/α,β-unsaturated/α-hetero) is 1. The van der Waals surface area contributed by atoms with Crippen molar-refractivity contribution in [2.45, 2.75) is 45.6 Å². The van der Waals surface area contributed by atoms with Crippen LogP contribution in [0.3, 0.4) is 0 Å². The van der Waals surface area contributed by atoms with E-state index in [0.29, 0.717) is 12.2 Å². The SMILES string of the molecule is Cc1ccccc1CC(=O)C1(C)CCCC1N. The summed E-state index contributed by atoms with van der Waals surface area (Å²) in [6.07, 6.45) is 3.53.